The molecule has 0 spiro atoms. The highest BCUT2D eigenvalue weighted by molar-refractivity contribution is 5.31. The summed E-state index contributed by atoms with van der Waals surface area (Å²) in [5, 5.41) is 3.21. The molecule has 1 aromatic heterocycles. The van der Waals surface area contributed by atoms with Gasteiger partial charge in [0, 0.05) is 18.8 Å². The van der Waals surface area contributed by atoms with Crippen molar-refractivity contribution in [3.63, 3.8) is 0 Å². The van der Waals surface area contributed by atoms with Crippen LogP contribution < -0.4 is 10.1 Å². The zero-order valence-corrected chi connectivity index (χ0v) is 12.3. The number of anilines is 1. The van der Waals surface area contributed by atoms with E-state index in [-0.39, 0.29) is 6.10 Å². The number of nitrogens with one attached hydrogen (secondary N) is 1. The molecule has 0 amide bonds. The van der Waals surface area contributed by atoms with Crippen molar-refractivity contribution in [2.45, 2.75) is 39.8 Å². The van der Waals surface area contributed by atoms with E-state index in [4.69, 9.17) is 4.74 Å². The van der Waals surface area contributed by atoms with Crippen LogP contribution in [0.1, 0.15) is 31.9 Å². The molecule has 0 unspecified atom stereocenters. The molecular weight excluding hydrogens is 250 g/mol. The number of aromatic nitrogens is 2. The second-order valence-corrected chi connectivity index (χ2v) is 4.91. The number of rotatable bonds is 6. The van der Waals surface area contributed by atoms with Crippen LogP contribution in [0.25, 0.3) is 0 Å². The Morgan fingerprint density at radius 2 is 1.80 bits per heavy atom. The second kappa shape index (κ2) is 6.89. The summed E-state index contributed by atoms with van der Waals surface area (Å²) in [6.45, 7) is 6.81. The van der Waals surface area contributed by atoms with Crippen molar-refractivity contribution in [3.05, 3.63) is 47.7 Å². The van der Waals surface area contributed by atoms with Gasteiger partial charge in [-0.05, 0) is 31.4 Å². The van der Waals surface area contributed by atoms with Gasteiger partial charge in [-0.3, -0.25) is 0 Å². The monoisotopic (exact) mass is 271 g/mol. The largest absolute Gasteiger partial charge is 0.475 e. The van der Waals surface area contributed by atoms with Gasteiger partial charge in [-0.1, -0.05) is 31.2 Å². The van der Waals surface area contributed by atoms with E-state index in [1.807, 2.05) is 13.8 Å². The third-order valence-corrected chi connectivity index (χ3v) is 2.87. The lowest BCUT2D eigenvalue weighted by atomic mass is 10.1. The summed E-state index contributed by atoms with van der Waals surface area (Å²) in [4.78, 5) is 8.51. The van der Waals surface area contributed by atoms with E-state index in [1.165, 1.54) is 11.1 Å². The first-order chi connectivity index (χ1) is 9.67. The van der Waals surface area contributed by atoms with E-state index in [2.05, 4.69) is 46.5 Å². The number of benzene rings is 1. The van der Waals surface area contributed by atoms with Gasteiger partial charge >= 0.3 is 0 Å². The van der Waals surface area contributed by atoms with Crippen LogP contribution in [0.5, 0.6) is 5.88 Å². The Labute approximate surface area is 120 Å². The number of hydrogen-bond donors (Lipinski definition) is 1. The molecular formula is C16H21N3O. The summed E-state index contributed by atoms with van der Waals surface area (Å²) < 4.78 is 5.55. The zero-order valence-electron chi connectivity index (χ0n) is 12.3. The minimum absolute atomic E-state index is 0.110. The number of hydrogen-bond acceptors (Lipinski definition) is 4. The molecule has 1 heterocycles. The van der Waals surface area contributed by atoms with Crippen molar-refractivity contribution in [2.24, 2.45) is 0 Å². The third-order valence-electron chi connectivity index (χ3n) is 2.87. The Balaban J connectivity index is 1.95. The molecule has 20 heavy (non-hydrogen) atoms. The van der Waals surface area contributed by atoms with Gasteiger partial charge in [0.2, 0.25) is 11.8 Å². The van der Waals surface area contributed by atoms with E-state index in [0.717, 1.165) is 6.42 Å². The molecule has 0 radical (unpaired) electrons. The minimum Gasteiger partial charge on any atom is -0.475 e. The van der Waals surface area contributed by atoms with Crippen molar-refractivity contribution < 1.29 is 4.74 Å². The average Bonchev–Trinajstić information content (AvgIpc) is 2.45. The number of nitrogens with zero attached hydrogens (tertiary/aromatic N) is 2. The quantitative estimate of drug-likeness (QED) is 0.874. The van der Waals surface area contributed by atoms with Gasteiger partial charge in [-0.15, -0.1) is 0 Å². The van der Waals surface area contributed by atoms with Gasteiger partial charge in [0.05, 0.1) is 6.10 Å². The predicted molar refractivity (Wildman–Crippen MR) is 80.9 cm³/mol. The van der Waals surface area contributed by atoms with Crippen LogP contribution in [0.15, 0.2) is 36.5 Å². The SMILES string of the molecule is CCc1ccc(CNc2nccc(OC(C)C)n2)cc1. The van der Waals surface area contributed by atoms with Crippen LogP contribution >= 0.6 is 0 Å². The highest BCUT2D eigenvalue weighted by atomic mass is 16.5. The van der Waals surface area contributed by atoms with Gasteiger partial charge in [-0.2, -0.15) is 4.98 Å². The maximum absolute atomic E-state index is 5.55. The van der Waals surface area contributed by atoms with Crippen molar-refractivity contribution in [1.82, 2.24) is 9.97 Å². The molecule has 0 aliphatic carbocycles. The molecule has 1 N–H and O–H groups in total. The fourth-order valence-electron chi connectivity index (χ4n) is 1.81. The van der Waals surface area contributed by atoms with Crippen LogP contribution in [0.2, 0.25) is 0 Å². The maximum atomic E-state index is 5.55. The van der Waals surface area contributed by atoms with Crippen LogP contribution in [-0.4, -0.2) is 16.1 Å². The fourth-order valence-corrected chi connectivity index (χ4v) is 1.81. The standard InChI is InChI=1S/C16H21N3O/c1-4-13-5-7-14(8-6-13)11-18-16-17-10-9-15(19-16)20-12(2)3/h5-10,12H,4,11H2,1-3H3,(H,17,18,19). The smallest absolute Gasteiger partial charge is 0.226 e. The molecule has 0 atom stereocenters. The molecule has 4 nitrogen and oxygen atoms in total. The number of aryl methyl sites for hydroxylation is 1. The lowest BCUT2D eigenvalue weighted by molar-refractivity contribution is 0.232. The third kappa shape index (κ3) is 4.23. The molecule has 0 saturated carbocycles. The van der Waals surface area contributed by atoms with Crippen molar-refractivity contribution in [3.8, 4) is 5.88 Å². The van der Waals surface area contributed by atoms with Gasteiger partial charge in [0.15, 0.2) is 0 Å². The van der Waals surface area contributed by atoms with E-state index < -0.39 is 0 Å². The van der Waals surface area contributed by atoms with Gasteiger partial charge in [0.1, 0.15) is 0 Å². The van der Waals surface area contributed by atoms with E-state index in [1.54, 1.807) is 12.3 Å². The van der Waals surface area contributed by atoms with Crippen LogP contribution in [0.3, 0.4) is 0 Å². The second-order valence-electron chi connectivity index (χ2n) is 4.91. The minimum atomic E-state index is 0.110. The molecule has 0 aliphatic heterocycles. The first-order valence-corrected chi connectivity index (χ1v) is 6.98. The molecule has 4 heteroatoms. The Morgan fingerprint density at radius 3 is 2.45 bits per heavy atom. The highest BCUT2D eigenvalue weighted by Gasteiger charge is 2.02. The molecule has 2 rings (SSSR count). The fraction of sp³-hybridized carbons (Fsp3) is 0.375. The zero-order chi connectivity index (χ0) is 14.4. The maximum Gasteiger partial charge on any atom is 0.226 e. The van der Waals surface area contributed by atoms with E-state index in [0.29, 0.717) is 18.4 Å². The summed E-state index contributed by atoms with van der Waals surface area (Å²) in [5.74, 6) is 1.18. The Bertz CT molecular complexity index is 538. The average molecular weight is 271 g/mol. The lowest BCUT2D eigenvalue weighted by Gasteiger charge is -2.10. The highest BCUT2D eigenvalue weighted by Crippen LogP contribution is 2.12. The van der Waals surface area contributed by atoms with Crippen LogP contribution in [-0.2, 0) is 13.0 Å². The molecule has 0 bridgehead atoms. The van der Waals surface area contributed by atoms with Gasteiger partial charge < -0.3 is 10.1 Å². The molecule has 0 aliphatic rings. The van der Waals surface area contributed by atoms with E-state index in [9.17, 15) is 0 Å². The predicted octanol–water partition coefficient (Wildman–Crippen LogP) is 3.44. The molecule has 106 valence electrons. The number of ether oxygens (including phenoxy) is 1. The summed E-state index contributed by atoms with van der Waals surface area (Å²) in [7, 11) is 0. The summed E-state index contributed by atoms with van der Waals surface area (Å²) >= 11 is 0. The normalized spacial score (nSPS) is 10.6. The first kappa shape index (κ1) is 14.3. The summed E-state index contributed by atoms with van der Waals surface area (Å²) in [6, 6.07) is 10.3. The van der Waals surface area contributed by atoms with Crippen LogP contribution in [0.4, 0.5) is 5.95 Å². The molecule has 0 fully saturated rings. The van der Waals surface area contributed by atoms with Crippen LogP contribution in [0, 0.1) is 0 Å². The van der Waals surface area contributed by atoms with Gasteiger partial charge in [0.25, 0.3) is 0 Å². The molecule has 0 saturated heterocycles. The topological polar surface area (TPSA) is 47.0 Å². The summed E-state index contributed by atoms with van der Waals surface area (Å²) in [6.07, 6.45) is 2.87. The Hall–Kier alpha value is -2.10. The summed E-state index contributed by atoms with van der Waals surface area (Å²) in [5.41, 5.74) is 2.55. The first-order valence-electron chi connectivity index (χ1n) is 6.98. The Morgan fingerprint density at radius 1 is 1.10 bits per heavy atom. The van der Waals surface area contributed by atoms with Crippen molar-refractivity contribution >= 4 is 5.95 Å². The van der Waals surface area contributed by atoms with Gasteiger partial charge in [-0.25, -0.2) is 4.98 Å². The molecule has 2 aromatic rings. The molecule has 1 aromatic carbocycles. The van der Waals surface area contributed by atoms with Crippen molar-refractivity contribution in [1.29, 1.82) is 0 Å². The van der Waals surface area contributed by atoms with E-state index >= 15 is 0 Å². The van der Waals surface area contributed by atoms with Crippen molar-refractivity contribution in [2.75, 3.05) is 5.32 Å². The lowest BCUT2D eigenvalue weighted by Crippen LogP contribution is -2.09. The Kier molecular flexibility index (Phi) is 4.93.